The number of carbonyl (C=O) groups excluding carboxylic acids is 1. The number of aldehydes is 1. The minimum atomic E-state index is -1.01. The Morgan fingerprint density at radius 3 is 2.46 bits per heavy atom. The molecule has 1 aromatic carbocycles. The van der Waals surface area contributed by atoms with Gasteiger partial charge in [-0.05, 0) is 5.56 Å². The molecule has 0 amide bonds. The lowest BCUT2D eigenvalue weighted by Crippen LogP contribution is -2.50. The number of rotatable bonds is 3. The molecule has 0 bridgehead atoms. The average Bonchev–Trinajstić information content (AvgIpc) is 2.13. The number of ether oxygens (including phenoxy) is 2. The molecule has 2 rings (SSSR count). The second-order valence-corrected chi connectivity index (χ2v) is 3.00. The lowest BCUT2D eigenvalue weighted by molar-refractivity contribution is -0.367. The van der Waals surface area contributed by atoms with E-state index in [0.29, 0.717) is 12.7 Å². The van der Waals surface area contributed by atoms with Gasteiger partial charge in [-0.1, -0.05) is 30.3 Å². The molecule has 13 heavy (non-hydrogen) atoms. The van der Waals surface area contributed by atoms with Crippen LogP contribution in [0, 0.1) is 0 Å². The summed E-state index contributed by atoms with van der Waals surface area (Å²) in [4.78, 5) is 10.7. The Kier molecular flexibility index (Phi) is 2.12. The highest BCUT2D eigenvalue weighted by Gasteiger charge is 2.39. The van der Waals surface area contributed by atoms with Crippen molar-refractivity contribution in [1.82, 2.24) is 0 Å². The zero-order valence-electron chi connectivity index (χ0n) is 7.10. The molecule has 1 aliphatic heterocycles. The third-order valence-corrected chi connectivity index (χ3v) is 2.08. The minimum Gasteiger partial charge on any atom is -0.316 e. The largest absolute Gasteiger partial charge is 0.316 e. The molecule has 0 atom stereocenters. The van der Waals surface area contributed by atoms with E-state index in [1.54, 1.807) is 0 Å². The Balaban J connectivity index is 2.09. The van der Waals surface area contributed by atoms with Gasteiger partial charge in [-0.15, -0.1) is 0 Å². The predicted octanol–water partition coefficient (Wildman–Crippen LogP) is 1.13. The van der Waals surface area contributed by atoms with Gasteiger partial charge in [0.2, 0.25) is 5.79 Å². The monoisotopic (exact) mass is 178 g/mol. The molecule has 0 saturated carbocycles. The maximum absolute atomic E-state index is 10.7. The lowest BCUT2D eigenvalue weighted by Gasteiger charge is -2.36. The SMILES string of the molecule is O=CC1(Cc2ccccc2)OCO1. The molecular formula is C10H10O3. The van der Waals surface area contributed by atoms with Gasteiger partial charge in [-0.2, -0.15) is 0 Å². The van der Waals surface area contributed by atoms with E-state index < -0.39 is 5.79 Å². The summed E-state index contributed by atoms with van der Waals surface area (Å²) in [6.45, 7) is 0.214. The van der Waals surface area contributed by atoms with E-state index in [2.05, 4.69) is 0 Å². The molecule has 0 unspecified atom stereocenters. The van der Waals surface area contributed by atoms with Crippen molar-refractivity contribution in [2.75, 3.05) is 6.79 Å². The Labute approximate surface area is 76.3 Å². The molecule has 1 saturated heterocycles. The van der Waals surface area contributed by atoms with Crippen molar-refractivity contribution in [1.29, 1.82) is 0 Å². The maximum Gasteiger partial charge on any atom is 0.233 e. The second-order valence-electron chi connectivity index (χ2n) is 3.00. The second kappa shape index (κ2) is 3.28. The van der Waals surface area contributed by atoms with E-state index in [1.807, 2.05) is 30.3 Å². The molecule has 68 valence electrons. The Morgan fingerprint density at radius 2 is 2.00 bits per heavy atom. The lowest BCUT2D eigenvalue weighted by atomic mass is 10.1. The summed E-state index contributed by atoms with van der Waals surface area (Å²) in [7, 11) is 0. The van der Waals surface area contributed by atoms with E-state index in [9.17, 15) is 4.79 Å². The van der Waals surface area contributed by atoms with Crippen LogP contribution in [0.2, 0.25) is 0 Å². The fourth-order valence-electron chi connectivity index (χ4n) is 1.30. The first kappa shape index (κ1) is 8.41. The van der Waals surface area contributed by atoms with Gasteiger partial charge in [0, 0.05) is 6.42 Å². The summed E-state index contributed by atoms with van der Waals surface area (Å²) in [6, 6.07) is 9.66. The maximum atomic E-state index is 10.7. The van der Waals surface area contributed by atoms with E-state index in [4.69, 9.17) is 9.47 Å². The van der Waals surface area contributed by atoms with Crippen LogP contribution in [0.5, 0.6) is 0 Å². The van der Waals surface area contributed by atoms with Crippen LogP contribution in [0.1, 0.15) is 5.56 Å². The van der Waals surface area contributed by atoms with Gasteiger partial charge < -0.3 is 9.47 Å². The topological polar surface area (TPSA) is 35.5 Å². The van der Waals surface area contributed by atoms with Crippen LogP contribution in [-0.4, -0.2) is 18.9 Å². The molecule has 0 N–H and O–H groups in total. The van der Waals surface area contributed by atoms with Gasteiger partial charge >= 0.3 is 0 Å². The van der Waals surface area contributed by atoms with Crippen LogP contribution in [0.25, 0.3) is 0 Å². The van der Waals surface area contributed by atoms with Crippen LogP contribution in [-0.2, 0) is 20.7 Å². The molecular weight excluding hydrogens is 168 g/mol. The number of hydrogen-bond donors (Lipinski definition) is 0. The van der Waals surface area contributed by atoms with Gasteiger partial charge in [0.15, 0.2) is 13.1 Å². The molecule has 1 fully saturated rings. The van der Waals surface area contributed by atoms with Crippen LogP contribution in [0.3, 0.4) is 0 Å². The molecule has 0 aliphatic carbocycles. The van der Waals surface area contributed by atoms with E-state index >= 15 is 0 Å². The fourth-order valence-corrected chi connectivity index (χ4v) is 1.30. The summed E-state index contributed by atoms with van der Waals surface area (Å²) < 4.78 is 10.2. The fraction of sp³-hybridized carbons (Fsp3) is 0.300. The minimum absolute atomic E-state index is 0.214. The molecule has 1 aromatic rings. The zero-order chi connectivity index (χ0) is 9.15. The van der Waals surface area contributed by atoms with Gasteiger partial charge in [0.25, 0.3) is 0 Å². The first-order chi connectivity index (χ1) is 6.35. The molecule has 3 nitrogen and oxygen atoms in total. The van der Waals surface area contributed by atoms with Crippen LogP contribution in [0.4, 0.5) is 0 Å². The standard InChI is InChI=1S/C10H10O3/c11-7-10(12-8-13-10)6-9-4-2-1-3-5-9/h1-5,7H,6,8H2. The van der Waals surface area contributed by atoms with Crippen molar-refractivity contribution in [2.24, 2.45) is 0 Å². The normalized spacial score (nSPS) is 19.1. The highest BCUT2D eigenvalue weighted by molar-refractivity contribution is 5.61. The first-order valence-corrected chi connectivity index (χ1v) is 4.13. The van der Waals surface area contributed by atoms with Crippen molar-refractivity contribution in [3.63, 3.8) is 0 Å². The third kappa shape index (κ3) is 1.61. The number of hydrogen-bond acceptors (Lipinski definition) is 3. The number of benzene rings is 1. The summed E-state index contributed by atoms with van der Waals surface area (Å²) in [5, 5.41) is 0. The van der Waals surface area contributed by atoms with E-state index in [0.717, 1.165) is 5.56 Å². The van der Waals surface area contributed by atoms with Crippen LogP contribution < -0.4 is 0 Å². The molecule has 0 radical (unpaired) electrons. The Morgan fingerprint density at radius 1 is 1.31 bits per heavy atom. The first-order valence-electron chi connectivity index (χ1n) is 4.13. The van der Waals surface area contributed by atoms with Gasteiger partial charge in [-0.3, -0.25) is 4.79 Å². The highest BCUT2D eigenvalue weighted by atomic mass is 16.9. The number of carbonyl (C=O) groups is 1. The van der Waals surface area contributed by atoms with Crippen LogP contribution in [0.15, 0.2) is 30.3 Å². The van der Waals surface area contributed by atoms with Crippen molar-refractivity contribution < 1.29 is 14.3 Å². The van der Waals surface area contributed by atoms with Crippen LogP contribution >= 0.6 is 0 Å². The quantitative estimate of drug-likeness (QED) is 0.651. The average molecular weight is 178 g/mol. The van der Waals surface area contributed by atoms with Crippen molar-refractivity contribution in [2.45, 2.75) is 12.2 Å². The summed E-state index contributed by atoms with van der Waals surface area (Å²) in [6.07, 6.45) is 1.20. The summed E-state index contributed by atoms with van der Waals surface area (Å²) >= 11 is 0. The molecule has 0 aromatic heterocycles. The van der Waals surface area contributed by atoms with Gasteiger partial charge in [-0.25, -0.2) is 0 Å². The smallest absolute Gasteiger partial charge is 0.233 e. The van der Waals surface area contributed by atoms with Crippen molar-refractivity contribution >= 4 is 6.29 Å². The van der Waals surface area contributed by atoms with E-state index in [-0.39, 0.29) is 6.79 Å². The third-order valence-electron chi connectivity index (χ3n) is 2.08. The Hall–Kier alpha value is -1.19. The molecule has 1 aliphatic rings. The zero-order valence-corrected chi connectivity index (χ0v) is 7.10. The molecule has 1 heterocycles. The Bertz CT molecular complexity index is 290. The van der Waals surface area contributed by atoms with Gasteiger partial charge in [0.1, 0.15) is 0 Å². The molecule has 3 heteroatoms. The van der Waals surface area contributed by atoms with Gasteiger partial charge in [0.05, 0.1) is 0 Å². The van der Waals surface area contributed by atoms with Crippen molar-refractivity contribution in [3.05, 3.63) is 35.9 Å². The highest BCUT2D eigenvalue weighted by Crippen LogP contribution is 2.24. The predicted molar refractivity (Wildman–Crippen MR) is 46.0 cm³/mol. The molecule has 0 spiro atoms. The van der Waals surface area contributed by atoms with E-state index in [1.165, 1.54) is 0 Å². The summed E-state index contributed by atoms with van der Waals surface area (Å²) in [5.41, 5.74) is 1.04. The summed E-state index contributed by atoms with van der Waals surface area (Å²) in [5.74, 6) is -1.01. The van der Waals surface area contributed by atoms with Crippen molar-refractivity contribution in [3.8, 4) is 0 Å².